The SMILES string of the molecule is CC(C)(CCCO)CCC(=O)CCC(=O)CCC(C)(C)CCCO. The fourth-order valence-electron chi connectivity index (χ4n) is 2.85. The van der Waals surface area contributed by atoms with Crippen LogP contribution in [0.3, 0.4) is 0 Å². The monoisotopic (exact) mass is 342 g/mol. The Morgan fingerprint density at radius 1 is 0.625 bits per heavy atom. The summed E-state index contributed by atoms with van der Waals surface area (Å²) in [6, 6.07) is 0. The summed E-state index contributed by atoms with van der Waals surface area (Å²) < 4.78 is 0. The van der Waals surface area contributed by atoms with Gasteiger partial charge in [-0.3, -0.25) is 9.59 Å². The van der Waals surface area contributed by atoms with E-state index in [1.54, 1.807) is 0 Å². The molecule has 4 heteroatoms. The minimum atomic E-state index is 0.0686. The standard InChI is InChI=1S/C20H38O4/c1-19(2,11-5-15-21)13-9-17(23)7-8-18(24)10-14-20(3,4)12-6-16-22/h21-22H,5-16H2,1-4H3. The fourth-order valence-corrected chi connectivity index (χ4v) is 2.85. The highest BCUT2D eigenvalue weighted by atomic mass is 16.3. The van der Waals surface area contributed by atoms with E-state index in [1.807, 2.05) is 0 Å². The number of ketones is 2. The summed E-state index contributed by atoms with van der Waals surface area (Å²) in [5.74, 6) is 0.333. The van der Waals surface area contributed by atoms with E-state index in [0.29, 0.717) is 25.7 Å². The molecule has 0 unspecified atom stereocenters. The smallest absolute Gasteiger partial charge is 0.133 e. The van der Waals surface area contributed by atoms with Crippen LogP contribution in [0.15, 0.2) is 0 Å². The van der Waals surface area contributed by atoms with Gasteiger partial charge in [0, 0.05) is 38.9 Å². The van der Waals surface area contributed by atoms with Crippen molar-refractivity contribution in [2.45, 2.75) is 91.9 Å². The minimum absolute atomic E-state index is 0.0686. The van der Waals surface area contributed by atoms with E-state index in [4.69, 9.17) is 10.2 Å². The molecule has 142 valence electrons. The Bertz CT molecular complexity index is 336. The van der Waals surface area contributed by atoms with Crippen molar-refractivity contribution in [2.75, 3.05) is 13.2 Å². The highest BCUT2D eigenvalue weighted by Gasteiger charge is 2.20. The molecule has 0 aromatic rings. The van der Waals surface area contributed by atoms with E-state index < -0.39 is 0 Å². The number of aliphatic hydroxyl groups is 2. The molecule has 0 radical (unpaired) electrons. The van der Waals surface area contributed by atoms with Crippen molar-refractivity contribution in [2.24, 2.45) is 10.8 Å². The highest BCUT2D eigenvalue weighted by molar-refractivity contribution is 5.85. The summed E-state index contributed by atoms with van der Waals surface area (Å²) >= 11 is 0. The summed E-state index contributed by atoms with van der Waals surface area (Å²) in [6.45, 7) is 8.87. The first kappa shape index (κ1) is 23.3. The third-order valence-corrected chi connectivity index (χ3v) is 4.87. The van der Waals surface area contributed by atoms with Crippen molar-refractivity contribution in [1.82, 2.24) is 0 Å². The van der Waals surface area contributed by atoms with Crippen molar-refractivity contribution in [1.29, 1.82) is 0 Å². The zero-order valence-electron chi connectivity index (χ0n) is 16.2. The number of Topliss-reactive ketones (excluding diaryl/α,β-unsaturated/α-hetero) is 2. The maximum absolute atomic E-state index is 12.0. The van der Waals surface area contributed by atoms with Crippen LogP contribution >= 0.6 is 0 Å². The van der Waals surface area contributed by atoms with Crippen LogP contribution in [0, 0.1) is 10.8 Å². The molecule has 0 rings (SSSR count). The van der Waals surface area contributed by atoms with Gasteiger partial charge < -0.3 is 10.2 Å². The zero-order chi connectivity index (χ0) is 18.6. The predicted octanol–water partition coefficient (Wildman–Crippen LogP) is 4.06. The minimum Gasteiger partial charge on any atom is -0.396 e. The second-order valence-electron chi connectivity index (χ2n) is 8.56. The van der Waals surface area contributed by atoms with E-state index in [9.17, 15) is 9.59 Å². The van der Waals surface area contributed by atoms with Crippen molar-refractivity contribution in [3.05, 3.63) is 0 Å². The van der Waals surface area contributed by atoms with Gasteiger partial charge in [-0.25, -0.2) is 0 Å². The Kier molecular flexibility index (Phi) is 11.4. The molecule has 0 saturated carbocycles. The number of hydrogen-bond acceptors (Lipinski definition) is 4. The molecule has 0 aromatic carbocycles. The third-order valence-electron chi connectivity index (χ3n) is 4.87. The summed E-state index contributed by atoms with van der Waals surface area (Å²) in [7, 11) is 0. The van der Waals surface area contributed by atoms with Gasteiger partial charge in [0.1, 0.15) is 11.6 Å². The lowest BCUT2D eigenvalue weighted by molar-refractivity contribution is -0.124. The first-order valence-corrected chi connectivity index (χ1v) is 9.37. The molecule has 4 nitrogen and oxygen atoms in total. The molecule has 0 saturated heterocycles. The summed E-state index contributed by atoms with van der Waals surface area (Å²) in [5, 5.41) is 17.8. The molecule has 0 fully saturated rings. The molecule has 0 spiro atoms. The molecule has 0 atom stereocenters. The van der Waals surface area contributed by atoms with E-state index in [2.05, 4.69) is 27.7 Å². The van der Waals surface area contributed by atoms with Gasteiger partial charge in [0.2, 0.25) is 0 Å². The molecular weight excluding hydrogens is 304 g/mol. The molecule has 24 heavy (non-hydrogen) atoms. The maximum atomic E-state index is 12.0. The lowest BCUT2D eigenvalue weighted by Gasteiger charge is -2.24. The van der Waals surface area contributed by atoms with Gasteiger partial charge in [0.25, 0.3) is 0 Å². The summed E-state index contributed by atoms with van der Waals surface area (Å²) in [5.41, 5.74) is 0.137. The normalized spacial score (nSPS) is 12.4. The number of aliphatic hydroxyl groups excluding tert-OH is 2. The quantitative estimate of drug-likeness (QED) is 0.470. The molecule has 0 aromatic heterocycles. The van der Waals surface area contributed by atoms with Gasteiger partial charge in [0.15, 0.2) is 0 Å². The number of carbonyl (C=O) groups is 2. The second-order valence-corrected chi connectivity index (χ2v) is 8.56. The van der Waals surface area contributed by atoms with E-state index >= 15 is 0 Å². The van der Waals surface area contributed by atoms with Crippen molar-refractivity contribution in [3.8, 4) is 0 Å². The van der Waals surface area contributed by atoms with E-state index in [-0.39, 0.29) is 35.6 Å². The Labute approximate surface area is 148 Å². The van der Waals surface area contributed by atoms with Crippen LogP contribution < -0.4 is 0 Å². The lowest BCUT2D eigenvalue weighted by Crippen LogP contribution is -2.16. The van der Waals surface area contributed by atoms with Crippen LogP contribution in [-0.2, 0) is 9.59 Å². The maximum Gasteiger partial charge on any atom is 0.133 e. The average molecular weight is 343 g/mol. The van der Waals surface area contributed by atoms with Crippen LogP contribution in [-0.4, -0.2) is 35.0 Å². The predicted molar refractivity (Wildman–Crippen MR) is 97.9 cm³/mol. The van der Waals surface area contributed by atoms with Crippen molar-refractivity contribution < 1.29 is 19.8 Å². The Hall–Kier alpha value is -0.740. The van der Waals surface area contributed by atoms with Gasteiger partial charge >= 0.3 is 0 Å². The molecule has 0 aliphatic heterocycles. The molecule has 2 N–H and O–H groups in total. The van der Waals surface area contributed by atoms with Gasteiger partial charge in [-0.05, 0) is 49.4 Å². The number of carbonyl (C=O) groups excluding carboxylic acids is 2. The Morgan fingerprint density at radius 2 is 0.958 bits per heavy atom. The molecular formula is C20H38O4. The molecule has 0 aliphatic carbocycles. The molecule has 0 bridgehead atoms. The number of rotatable bonds is 15. The zero-order valence-corrected chi connectivity index (χ0v) is 16.2. The Morgan fingerprint density at radius 3 is 1.25 bits per heavy atom. The van der Waals surface area contributed by atoms with E-state index in [1.165, 1.54) is 0 Å². The molecule has 0 heterocycles. The topological polar surface area (TPSA) is 74.6 Å². The van der Waals surface area contributed by atoms with Crippen LogP contribution in [0.1, 0.15) is 91.9 Å². The van der Waals surface area contributed by atoms with Gasteiger partial charge in [0.05, 0.1) is 0 Å². The first-order chi connectivity index (χ1) is 11.1. The highest BCUT2D eigenvalue weighted by Crippen LogP contribution is 2.29. The van der Waals surface area contributed by atoms with Crippen LogP contribution in [0.2, 0.25) is 0 Å². The Balaban J connectivity index is 3.95. The van der Waals surface area contributed by atoms with Crippen LogP contribution in [0.4, 0.5) is 0 Å². The second kappa shape index (κ2) is 11.8. The molecule has 0 amide bonds. The summed E-state index contributed by atoms with van der Waals surface area (Å²) in [6.07, 6.45) is 6.75. The third kappa shape index (κ3) is 12.7. The van der Waals surface area contributed by atoms with Gasteiger partial charge in [-0.15, -0.1) is 0 Å². The van der Waals surface area contributed by atoms with Crippen LogP contribution in [0.25, 0.3) is 0 Å². The number of hydrogen-bond donors (Lipinski definition) is 2. The summed E-state index contributed by atoms with van der Waals surface area (Å²) in [4.78, 5) is 24.0. The first-order valence-electron chi connectivity index (χ1n) is 9.37. The van der Waals surface area contributed by atoms with Gasteiger partial charge in [-0.1, -0.05) is 27.7 Å². The van der Waals surface area contributed by atoms with Crippen LogP contribution in [0.5, 0.6) is 0 Å². The fraction of sp³-hybridized carbons (Fsp3) is 0.900. The largest absolute Gasteiger partial charge is 0.396 e. The van der Waals surface area contributed by atoms with Crippen molar-refractivity contribution in [3.63, 3.8) is 0 Å². The molecule has 0 aliphatic rings. The average Bonchev–Trinajstić information content (AvgIpc) is 2.53. The van der Waals surface area contributed by atoms with Gasteiger partial charge in [-0.2, -0.15) is 0 Å². The van der Waals surface area contributed by atoms with Crippen molar-refractivity contribution >= 4 is 11.6 Å². The lowest BCUT2D eigenvalue weighted by atomic mass is 9.81. The van der Waals surface area contributed by atoms with E-state index in [0.717, 1.165) is 38.5 Å².